The molecule has 0 N–H and O–H groups in total. The van der Waals surface area contributed by atoms with Crippen molar-refractivity contribution in [3.63, 3.8) is 0 Å². The van der Waals surface area contributed by atoms with E-state index in [9.17, 15) is 18.4 Å². The fourth-order valence-electron chi connectivity index (χ4n) is 7.45. The maximum Gasteiger partial charge on any atom is 0.416 e. The normalized spacial score (nSPS) is 11.4. The van der Waals surface area contributed by atoms with Gasteiger partial charge in [-0.05, 0) is 78.0 Å². The van der Waals surface area contributed by atoms with Crippen molar-refractivity contribution in [2.45, 2.75) is 13.1 Å². The minimum absolute atomic E-state index is 0.322. The second-order valence-corrected chi connectivity index (χ2v) is 13.9. The molecule has 0 aliphatic rings. The third kappa shape index (κ3) is 6.51. The number of fused-ring (bicyclic) bond motifs is 3. The van der Waals surface area contributed by atoms with E-state index in [1.807, 2.05) is 121 Å². The molecule has 0 unspecified atom stereocenters. The van der Waals surface area contributed by atoms with Crippen molar-refractivity contribution in [1.29, 1.82) is 5.26 Å². The Bertz CT molecular complexity index is 3010. The van der Waals surface area contributed by atoms with E-state index in [0.717, 1.165) is 39.1 Å². The Morgan fingerprint density at radius 2 is 1.10 bits per heavy atom. The molecule has 9 aromatic rings. The first-order chi connectivity index (χ1) is 28.2. The first kappa shape index (κ1) is 35.8. The van der Waals surface area contributed by atoms with Crippen molar-refractivity contribution in [3.8, 4) is 68.2 Å². The first-order valence-electron chi connectivity index (χ1n) is 18.3. The molecule has 0 bridgehead atoms. The van der Waals surface area contributed by atoms with Gasteiger partial charge in [-0.3, -0.25) is 0 Å². The molecule has 9 rings (SSSR count). The number of hydrogen-bond acceptors (Lipinski definition) is 4. The third-order valence-corrected chi connectivity index (χ3v) is 10.1. The molecule has 7 aromatic carbocycles. The van der Waals surface area contributed by atoms with Gasteiger partial charge in [-0.2, -0.15) is 18.4 Å². The average molecular weight is 759 g/mol. The molecule has 0 aliphatic carbocycles. The SMILES string of the molecule is [C-]#[N+]c1ccc2c(c1)c1cc(C#N)ccc1n2-c1c(-c2cccc(C)c2)cc(-c2nc(-c3ccccc3)nc(-c3ccccc3)n2)cc1-c1cccc(C(F)(F)F)c1. The summed E-state index contributed by atoms with van der Waals surface area (Å²) < 4.78 is 45.5. The van der Waals surface area contributed by atoms with Crippen molar-refractivity contribution in [2.75, 3.05) is 0 Å². The summed E-state index contributed by atoms with van der Waals surface area (Å²) in [6.45, 7) is 9.75. The zero-order chi connectivity index (χ0) is 40.0. The Kier molecular flexibility index (Phi) is 8.84. The van der Waals surface area contributed by atoms with Crippen LogP contribution in [-0.2, 0) is 6.18 Å². The van der Waals surface area contributed by atoms with Crippen LogP contribution >= 0.6 is 0 Å². The third-order valence-electron chi connectivity index (χ3n) is 10.1. The number of hydrogen-bond donors (Lipinski definition) is 0. The molecule has 2 aromatic heterocycles. The van der Waals surface area contributed by atoms with Gasteiger partial charge in [-0.25, -0.2) is 19.8 Å². The molecule has 6 nitrogen and oxygen atoms in total. The molecule has 0 atom stereocenters. The van der Waals surface area contributed by atoms with Crippen LogP contribution in [0.4, 0.5) is 18.9 Å². The monoisotopic (exact) mass is 758 g/mol. The standard InChI is InChI=1S/C49H29F3N6/c1-30-11-9-16-34(23-30)39-26-36(48-56-46(32-12-5-3-6-13-32)55-47(57-48)33-14-7-4-8-15-33)27-40(35-17-10-18-37(25-35)49(50,51)52)45(39)58-43-21-19-31(29-53)24-41(43)42-28-38(54-2)20-22-44(42)58/h3-28H,1H3. The second-order valence-electron chi connectivity index (χ2n) is 13.9. The van der Waals surface area contributed by atoms with Crippen LogP contribution in [0.2, 0.25) is 0 Å². The summed E-state index contributed by atoms with van der Waals surface area (Å²) in [6, 6.07) is 49.2. The van der Waals surface area contributed by atoms with E-state index in [1.165, 1.54) is 12.1 Å². The lowest BCUT2D eigenvalue weighted by atomic mass is 9.91. The number of nitrogens with zero attached hydrogens (tertiary/aromatic N) is 6. The fraction of sp³-hybridized carbons (Fsp3) is 0.0408. The van der Waals surface area contributed by atoms with Crippen LogP contribution in [0.1, 0.15) is 16.7 Å². The summed E-state index contributed by atoms with van der Waals surface area (Å²) in [5.74, 6) is 1.22. The van der Waals surface area contributed by atoms with Crippen LogP contribution in [0.5, 0.6) is 0 Å². The minimum atomic E-state index is -4.60. The highest BCUT2D eigenvalue weighted by molar-refractivity contribution is 6.12. The highest BCUT2D eigenvalue weighted by atomic mass is 19.4. The summed E-state index contributed by atoms with van der Waals surface area (Å²) in [4.78, 5) is 18.6. The topological polar surface area (TPSA) is 71.8 Å². The molecule has 9 heteroatoms. The van der Waals surface area contributed by atoms with Crippen LogP contribution in [0.25, 0.3) is 88.8 Å². The van der Waals surface area contributed by atoms with Gasteiger partial charge in [-0.1, -0.05) is 109 Å². The highest BCUT2D eigenvalue weighted by Crippen LogP contribution is 2.45. The van der Waals surface area contributed by atoms with E-state index in [-0.39, 0.29) is 0 Å². The zero-order valence-electron chi connectivity index (χ0n) is 30.8. The van der Waals surface area contributed by atoms with E-state index in [1.54, 1.807) is 30.3 Å². The summed E-state index contributed by atoms with van der Waals surface area (Å²) >= 11 is 0. The lowest BCUT2D eigenvalue weighted by Gasteiger charge is -2.22. The molecule has 58 heavy (non-hydrogen) atoms. The molecule has 2 heterocycles. The molecule has 0 aliphatic heterocycles. The second kappa shape index (κ2) is 14.3. The van der Waals surface area contributed by atoms with Crippen molar-refractivity contribution in [2.24, 2.45) is 0 Å². The van der Waals surface area contributed by atoms with Crippen molar-refractivity contribution < 1.29 is 13.2 Å². The maximum atomic E-state index is 14.5. The van der Waals surface area contributed by atoms with Gasteiger partial charge < -0.3 is 4.57 Å². The van der Waals surface area contributed by atoms with Gasteiger partial charge in [-0.15, -0.1) is 0 Å². The number of rotatable bonds is 6. The predicted molar refractivity (Wildman–Crippen MR) is 222 cm³/mol. The zero-order valence-corrected chi connectivity index (χ0v) is 30.8. The predicted octanol–water partition coefficient (Wildman–Crippen LogP) is 13.1. The van der Waals surface area contributed by atoms with E-state index in [2.05, 4.69) is 10.9 Å². The van der Waals surface area contributed by atoms with Crippen LogP contribution in [0.15, 0.2) is 158 Å². The Labute approximate surface area is 331 Å². The molecule has 0 spiro atoms. The van der Waals surface area contributed by atoms with Crippen LogP contribution in [0, 0.1) is 24.8 Å². The molecule has 276 valence electrons. The number of halogens is 3. The number of alkyl halides is 3. The molecular formula is C49H29F3N6. The summed E-state index contributed by atoms with van der Waals surface area (Å²) in [6.07, 6.45) is -4.60. The van der Waals surface area contributed by atoms with Gasteiger partial charge >= 0.3 is 6.18 Å². The maximum absolute atomic E-state index is 14.5. The van der Waals surface area contributed by atoms with Crippen LogP contribution in [0.3, 0.4) is 0 Å². The van der Waals surface area contributed by atoms with E-state index in [0.29, 0.717) is 67.7 Å². The molecule has 0 amide bonds. The number of nitriles is 1. The van der Waals surface area contributed by atoms with Gasteiger partial charge in [0, 0.05) is 33.2 Å². The van der Waals surface area contributed by atoms with E-state index < -0.39 is 11.7 Å². The highest BCUT2D eigenvalue weighted by Gasteiger charge is 2.31. The van der Waals surface area contributed by atoms with Crippen molar-refractivity contribution in [3.05, 3.63) is 186 Å². The number of aromatic nitrogens is 4. The molecular weight excluding hydrogens is 730 g/mol. The first-order valence-corrected chi connectivity index (χ1v) is 18.3. The lowest BCUT2D eigenvalue weighted by molar-refractivity contribution is -0.137. The van der Waals surface area contributed by atoms with Gasteiger partial charge in [0.15, 0.2) is 23.2 Å². The van der Waals surface area contributed by atoms with E-state index >= 15 is 0 Å². The summed E-state index contributed by atoms with van der Waals surface area (Å²) in [5.41, 5.74) is 7.51. The molecule has 0 radical (unpaired) electrons. The van der Waals surface area contributed by atoms with Crippen molar-refractivity contribution in [1.82, 2.24) is 19.5 Å². The smallest absolute Gasteiger partial charge is 0.308 e. The lowest BCUT2D eigenvalue weighted by Crippen LogP contribution is -2.06. The Hall–Kier alpha value is -7.88. The van der Waals surface area contributed by atoms with E-state index in [4.69, 9.17) is 21.5 Å². The minimum Gasteiger partial charge on any atom is -0.308 e. The van der Waals surface area contributed by atoms with Crippen molar-refractivity contribution >= 4 is 27.5 Å². The fourth-order valence-corrected chi connectivity index (χ4v) is 7.45. The Morgan fingerprint density at radius 3 is 1.67 bits per heavy atom. The Balaban J connectivity index is 1.44. The van der Waals surface area contributed by atoms with Gasteiger partial charge in [0.2, 0.25) is 0 Å². The van der Waals surface area contributed by atoms with Crippen LogP contribution < -0.4 is 0 Å². The quantitative estimate of drug-likeness (QED) is 0.158. The molecule has 0 fully saturated rings. The summed E-state index contributed by atoms with van der Waals surface area (Å²) in [5, 5.41) is 11.4. The Morgan fingerprint density at radius 1 is 0.569 bits per heavy atom. The van der Waals surface area contributed by atoms with Gasteiger partial charge in [0.1, 0.15) is 0 Å². The van der Waals surface area contributed by atoms with Gasteiger partial charge in [0.25, 0.3) is 0 Å². The molecule has 0 saturated heterocycles. The summed E-state index contributed by atoms with van der Waals surface area (Å²) in [7, 11) is 0. The molecule has 0 saturated carbocycles. The number of aryl methyl sites for hydroxylation is 1. The average Bonchev–Trinajstić information content (AvgIpc) is 3.58. The largest absolute Gasteiger partial charge is 0.416 e. The van der Waals surface area contributed by atoms with Crippen LogP contribution in [-0.4, -0.2) is 19.5 Å². The number of benzene rings is 7. The van der Waals surface area contributed by atoms with Gasteiger partial charge in [0.05, 0.1) is 40.5 Å².